The molecule has 0 saturated carbocycles. The topological polar surface area (TPSA) is 59.8 Å². The molecule has 0 saturated heterocycles. The predicted molar refractivity (Wildman–Crippen MR) is 137 cm³/mol. The first-order chi connectivity index (χ1) is 16.9. The summed E-state index contributed by atoms with van der Waals surface area (Å²) in [6, 6.07) is 12.9. The Balaban J connectivity index is 1.97. The second kappa shape index (κ2) is 12.0. The van der Waals surface area contributed by atoms with E-state index in [4.69, 9.17) is 9.47 Å². The predicted octanol–water partition coefficient (Wildman–Crippen LogP) is 5.79. The minimum absolute atomic E-state index is 0.0886. The molecule has 0 radical (unpaired) electrons. The van der Waals surface area contributed by atoms with Crippen molar-refractivity contribution in [1.82, 2.24) is 14.7 Å². The third-order valence-corrected chi connectivity index (χ3v) is 5.42. The highest BCUT2D eigenvalue weighted by atomic mass is 19.1. The molecule has 1 heterocycles. The lowest BCUT2D eigenvalue weighted by molar-refractivity contribution is -0.0573. The van der Waals surface area contributed by atoms with Crippen molar-refractivity contribution in [2.24, 2.45) is 13.0 Å². The number of hydrogen-bond donors (Lipinski definition) is 1. The first-order valence-electron chi connectivity index (χ1n) is 12.2. The summed E-state index contributed by atoms with van der Waals surface area (Å²) in [6.45, 7) is 11.8. The van der Waals surface area contributed by atoms with Gasteiger partial charge in [-0.2, -0.15) is 5.10 Å². The van der Waals surface area contributed by atoms with Gasteiger partial charge in [0.25, 0.3) is 0 Å². The lowest BCUT2D eigenvalue weighted by Gasteiger charge is -2.28. The number of halogens is 2. The van der Waals surface area contributed by atoms with Gasteiger partial charge in [-0.25, -0.2) is 13.5 Å². The van der Waals surface area contributed by atoms with Crippen LogP contribution in [0.4, 0.5) is 8.78 Å². The number of benzene rings is 2. The van der Waals surface area contributed by atoms with Crippen LogP contribution in [-0.2, 0) is 18.3 Å². The van der Waals surface area contributed by atoms with Crippen LogP contribution in [0.1, 0.15) is 40.2 Å². The summed E-state index contributed by atoms with van der Waals surface area (Å²) in [7, 11) is 1.73. The summed E-state index contributed by atoms with van der Waals surface area (Å²) in [5.74, 6) is -0.874. The highest BCUT2D eigenvalue weighted by molar-refractivity contribution is 5.65. The van der Waals surface area contributed by atoms with Crippen LogP contribution in [0.2, 0.25) is 0 Å². The van der Waals surface area contributed by atoms with Gasteiger partial charge in [0.15, 0.2) is 11.6 Å². The van der Waals surface area contributed by atoms with E-state index < -0.39 is 17.7 Å². The lowest BCUT2D eigenvalue weighted by Crippen LogP contribution is -2.38. The first-order valence-corrected chi connectivity index (χ1v) is 12.2. The van der Waals surface area contributed by atoms with Crippen molar-refractivity contribution < 1.29 is 23.4 Å². The van der Waals surface area contributed by atoms with Crippen molar-refractivity contribution in [3.8, 4) is 22.9 Å². The smallest absolute Gasteiger partial charge is 0.222 e. The minimum Gasteiger partial charge on any atom is -0.436 e. The van der Waals surface area contributed by atoms with Crippen LogP contribution in [0.25, 0.3) is 11.3 Å². The Morgan fingerprint density at radius 3 is 2.36 bits per heavy atom. The Kier molecular flexibility index (Phi) is 9.22. The zero-order chi connectivity index (χ0) is 26.5. The fraction of sp³-hybridized carbons (Fsp3) is 0.464. The van der Waals surface area contributed by atoms with Crippen molar-refractivity contribution in [2.75, 3.05) is 19.7 Å². The van der Waals surface area contributed by atoms with Gasteiger partial charge in [0, 0.05) is 38.3 Å². The maximum atomic E-state index is 14.5. The zero-order valence-corrected chi connectivity index (χ0v) is 22.0. The molecule has 196 valence electrons. The van der Waals surface area contributed by atoms with Crippen molar-refractivity contribution in [3.05, 3.63) is 65.7 Å². The third kappa shape index (κ3) is 7.85. The van der Waals surface area contributed by atoms with Crippen LogP contribution >= 0.6 is 0 Å². The molecular formula is C28H37F2N3O3. The Morgan fingerprint density at radius 1 is 1.06 bits per heavy atom. The summed E-state index contributed by atoms with van der Waals surface area (Å²) in [5.41, 5.74) is 1.98. The summed E-state index contributed by atoms with van der Waals surface area (Å²) in [6.07, 6.45) is -0.696. The molecule has 3 aromatic rings. The highest BCUT2D eigenvalue weighted by Crippen LogP contribution is 2.35. The van der Waals surface area contributed by atoms with E-state index in [9.17, 15) is 13.9 Å². The number of aromatic nitrogens is 2. The number of aliphatic hydroxyl groups is 1. The van der Waals surface area contributed by atoms with Gasteiger partial charge in [-0.1, -0.05) is 44.2 Å². The molecule has 0 fully saturated rings. The average molecular weight is 502 g/mol. The SMILES string of the molecule is CC(C)CN(Cc1c(-c2ccccc2)nn(C)c1Oc1ccc(F)cc1F)C[C@H](O)COC(C)(C)C. The molecular weight excluding hydrogens is 464 g/mol. The van der Waals surface area contributed by atoms with Gasteiger partial charge in [-0.05, 0) is 38.8 Å². The molecule has 0 aliphatic carbocycles. The third-order valence-electron chi connectivity index (χ3n) is 5.42. The van der Waals surface area contributed by atoms with E-state index in [-0.39, 0.29) is 18.0 Å². The molecule has 0 amide bonds. The molecule has 2 aromatic carbocycles. The standard InChI is InChI=1S/C28H37F2N3O3/c1-19(2)15-33(16-22(34)18-35-28(3,4)5)17-23-26(20-10-8-7-9-11-20)31-32(6)27(23)36-25-13-12-21(29)14-24(25)30/h7-14,19,22,34H,15-18H2,1-6H3/t22-/m0/s1. The molecule has 0 spiro atoms. The zero-order valence-electron chi connectivity index (χ0n) is 22.0. The quantitative estimate of drug-likeness (QED) is 0.360. The second-order valence-electron chi connectivity index (χ2n) is 10.5. The number of hydrogen-bond acceptors (Lipinski definition) is 5. The lowest BCUT2D eigenvalue weighted by atomic mass is 10.1. The van der Waals surface area contributed by atoms with Crippen LogP contribution in [0.3, 0.4) is 0 Å². The number of rotatable bonds is 11. The van der Waals surface area contributed by atoms with Gasteiger partial charge in [0.2, 0.25) is 5.88 Å². The fourth-order valence-electron chi connectivity index (χ4n) is 3.95. The number of aliphatic hydroxyl groups excluding tert-OH is 1. The van der Waals surface area contributed by atoms with Gasteiger partial charge in [-0.3, -0.25) is 4.90 Å². The van der Waals surface area contributed by atoms with E-state index in [2.05, 4.69) is 23.8 Å². The molecule has 0 bridgehead atoms. The van der Waals surface area contributed by atoms with Crippen LogP contribution < -0.4 is 4.74 Å². The van der Waals surface area contributed by atoms with Crippen LogP contribution in [0, 0.1) is 17.6 Å². The summed E-state index contributed by atoms with van der Waals surface area (Å²) < 4.78 is 41.3. The van der Waals surface area contributed by atoms with E-state index in [1.54, 1.807) is 11.7 Å². The van der Waals surface area contributed by atoms with Crippen molar-refractivity contribution in [3.63, 3.8) is 0 Å². The van der Waals surface area contributed by atoms with Crippen molar-refractivity contribution in [1.29, 1.82) is 0 Å². The van der Waals surface area contributed by atoms with E-state index in [0.717, 1.165) is 23.3 Å². The summed E-state index contributed by atoms with van der Waals surface area (Å²) >= 11 is 0. The Hall–Kier alpha value is -2.81. The van der Waals surface area contributed by atoms with Gasteiger partial charge in [0.1, 0.15) is 11.5 Å². The average Bonchev–Trinajstić information content (AvgIpc) is 3.09. The Labute approximate surface area is 212 Å². The number of ether oxygens (including phenoxy) is 2. The van der Waals surface area contributed by atoms with Crippen LogP contribution in [0.15, 0.2) is 48.5 Å². The molecule has 1 atom stereocenters. The number of aryl methyl sites for hydroxylation is 1. The van der Waals surface area contributed by atoms with E-state index >= 15 is 0 Å². The van der Waals surface area contributed by atoms with E-state index in [0.29, 0.717) is 37.1 Å². The van der Waals surface area contributed by atoms with Crippen LogP contribution in [0.5, 0.6) is 11.6 Å². The van der Waals surface area contributed by atoms with Gasteiger partial charge in [0.05, 0.1) is 23.9 Å². The van der Waals surface area contributed by atoms with Crippen molar-refractivity contribution in [2.45, 2.75) is 52.9 Å². The van der Waals surface area contributed by atoms with Gasteiger partial charge < -0.3 is 14.6 Å². The summed E-state index contributed by atoms with van der Waals surface area (Å²) in [4.78, 5) is 2.12. The second-order valence-corrected chi connectivity index (χ2v) is 10.5. The molecule has 8 heteroatoms. The Bertz CT molecular complexity index is 1130. The van der Waals surface area contributed by atoms with Crippen molar-refractivity contribution >= 4 is 0 Å². The first kappa shape index (κ1) is 27.8. The van der Waals surface area contributed by atoms with Crippen LogP contribution in [-0.4, -0.2) is 51.2 Å². The molecule has 0 aliphatic rings. The molecule has 3 rings (SSSR count). The van der Waals surface area contributed by atoms with E-state index in [1.807, 2.05) is 51.1 Å². The van der Waals surface area contributed by atoms with E-state index in [1.165, 1.54) is 6.07 Å². The molecule has 0 aliphatic heterocycles. The molecule has 1 N–H and O–H groups in total. The Morgan fingerprint density at radius 2 is 1.75 bits per heavy atom. The normalized spacial score (nSPS) is 13.0. The largest absolute Gasteiger partial charge is 0.436 e. The molecule has 6 nitrogen and oxygen atoms in total. The maximum absolute atomic E-state index is 14.5. The maximum Gasteiger partial charge on any atom is 0.222 e. The minimum atomic E-state index is -0.794. The number of nitrogens with zero attached hydrogens (tertiary/aromatic N) is 3. The fourth-order valence-corrected chi connectivity index (χ4v) is 3.95. The monoisotopic (exact) mass is 501 g/mol. The molecule has 36 heavy (non-hydrogen) atoms. The van der Waals surface area contributed by atoms with Gasteiger partial charge in [-0.15, -0.1) is 0 Å². The summed E-state index contributed by atoms with van der Waals surface area (Å²) in [5, 5.41) is 15.4. The van der Waals surface area contributed by atoms with Gasteiger partial charge >= 0.3 is 0 Å². The molecule has 0 unspecified atom stereocenters. The molecule has 1 aromatic heterocycles. The highest BCUT2D eigenvalue weighted by Gasteiger charge is 2.25.